The second-order valence-corrected chi connectivity index (χ2v) is 16.5. The molecule has 2 aliphatic carbocycles. The number of carbonyl (C=O) groups excluding carboxylic acids is 2. The number of benzene rings is 2. The van der Waals surface area contributed by atoms with Gasteiger partial charge in [0.1, 0.15) is 36.9 Å². The topological polar surface area (TPSA) is 175 Å². The van der Waals surface area contributed by atoms with Gasteiger partial charge in [0.05, 0.1) is 31.9 Å². The number of ether oxygens (including phenoxy) is 2. The first-order valence-corrected chi connectivity index (χ1v) is 20.3. The Morgan fingerprint density at radius 3 is 1.61 bits per heavy atom. The van der Waals surface area contributed by atoms with E-state index in [-0.39, 0.29) is 48.6 Å². The Balaban J connectivity index is 0.000000214. The zero-order valence-corrected chi connectivity index (χ0v) is 34.1. The van der Waals surface area contributed by atoms with Gasteiger partial charge in [-0.15, -0.1) is 0 Å². The number of aryl methyl sites for hydroxylation is 2. The van der Waals surface area contributed by atoms with Gasteiger partial charge in [-0.25, -0.2) is 9.97 Å². The maximum Gasteiger partial charge on any atom is 0.326 e. The molecule has 0 bridgehead atoms. The van der Waals surface area contributed by atoms with Crippen molar-refractivity contribution in [3.63, 3.8) is 0 Å². The number of nitro groups is 2. The van der Waals surface area contributed by atoms with Gasteiger partial charge in [0, 0.05) is 37.1 Å². The quantitative estimate of drug-likeness (QED) is 0.0767. The smallest absolute Gasteiger partial charge is 0.326 e. The molecule has 6 atom stereocenters. The number of aromatic nitrogens is 4. The van der Waals surface area contributed by atoms with Crippen LogP contribution in [0.25, 0.3) is 22.1 Å². The Morgan fingerprint density at radius 2 is 1.14 bits per heavy atom. The van der Waals surface area contributed by atoms with E-state index in [4.69, 9.17) is 9.47 Å². The van der Waals surface area contributed by atoms with E-state index in [2.05, 4.69) is 51.5 Å². The van der Waals surface area contributed by atoms with Crippen molar-refractivity contribution in [2.75, 3.05) is 0 Å². The molecule has 2 heterocycles. The molecule has 304 valence electrons. The number of nitrogens with zero attached hydrogens (tertiary/aromatic N) is 6. The van der Waals surface area contributed by atoms with Crippen LogP contribution in [0, 0.1) is 55.7 Å². The third-order valence-corrected chi connectivity index (χ3v) is 11.7. The van der Waals surface area contributed by atoms with Crippen molar-refractivity contribution in [1.29, 1.82) is 0 Å². The minimum absolute atomic E-state index is 0.00153. The van der Waals surface area contributed by atoms with Crippen LogP contribution in [0.1, 0.15) is 106 Å². The van der Waals surface area contributed by atoms with Crippen molar-refractivity contribution in [1.82, 2.24) is 19.1 Å². The SMILES string of the molecule is CCc1nc2cc([N+](=O)[O-])ccc2n1CC(=O)O[C@@H]1C[C@H](C)CC[C@H]1C(C)C.CCc1nc2ccc([N+](=O)[O-])cc2n1CC(=O)O[C@@H]1C[C@H](C)CC[C@H]1C(C)C. The number of hydrogen-bond donors (Lipinski definition) is 0. The van der Waals surface area contributed by atoms with E-state index in [1.54, 1.807) is 16.7 Å². The van der Waals surface area contributed by atoms with Crippen LogP contribution in [0.5, 0.6) is 0 Å². The van der Waals surface area contributed by atoms with Crippen LogP contribution >= 0.6 is 0 Å². The van der Waals surface area contributed by atoms with E-state index in [1.165, 1.54) is 37.1 Å². The maximum atomic E-state index is 12.8. The lowest BCUT2D eigenvalue weighted by Gasteiger charge is -2.36. The molecule has 0 saturated heterocycles. The Labute approximate surface area is 328 Å². The number of esters is 2. The number of nitro benzene ring substituents is 2. The molecule has 2 aromatic carbocycles. The highest BCUT2D eigenvalue weighted by Gasteiger charge is 2.35. The first kappa shape index (κ1) is 42.3. The predicted molar refractivity (Wildman–Crippen MR) is 214 cm³/mol. The normalized spacial score (nSPS) is 22.5. The van der Waals surface area contributed by atoms with Gasteiger partial charge in [-0.2, -0.15) is 0 Å². The van der Waals surface area contributed by atoms with Crippen LogP contribution in [0.15, 0.2) is 36.4 Å². The van der Waals surface area contributed by atoms with E-state index in [9.17, 15) is 29.8 Å². The molecule has 0 amide bonds. The molecule has 0 radical (unpaired) electrons. The maximum absolute atomic E-state index is 12.8. The number of rotatable bonds is 12. The van der Waals surface area contributed by atoms with Crippen molar-refractivity contribution in [2.24, 2.45) is 35.5 Å². The second-order valence-electron chi connectivity index (χ2n) is 16.5. The third kappa shape index (κ3) is 9.91. The van der Waals surface area contributed by atoms with Gasteiger partial charge in [-0.1, -0.05) is 68.2 Å². The highest BCUT2D eigenvalue weighted by atomic mass is 16.6. The van der Waals surface area contributed by atoms with Gasteiger partial charge in [-0.05, 0) is 73.3 Å². The molecule has 2 saturated carbocycles. The van der Waals surface area contributed by atoms with Gasteiger partial charge in [0.25, 0.3) is 11.4 Å². The molecular formula is C42H58N6O8. The van der Waals surface area contributed by atoms with Crippen LogP contribution in [-0.2, 0) is 45.0 Å². The van der Waals surface area contributed by atoms with Gasteiger partial charge in [-0.3, -0.25) is 29.8 Å². The minimum Gasteiger partial charge on any atom is -0.461 e. The summed E-state index contributed by atoms with van der Waals surface area (Å²) in [5.41, 5.74) is 2.49. The van der Waals surface area contributed by atoms with Crippen molar-refractivity contribution in [3.05, 3.63) is 68.3 Å². The zero-order valence-electron chi connectivity index (χ0n) is 34.1. The summed E-state index contributed by atoms with van der Waals surface area (Å²) in [7, 11) is 0. The lowest BCUT2D eigenvalue weighted by molar-refractivity contribution is -0.384. The van der Waals surface area contributed by atoms with E-state index in [0.717, 1.165) is 42.8 Å². The molecule has 56 heavy (non-hydrogen) atoms. The monoisotopic (exact) mass is 774 g/mol. The van der Waals surface area contributed by atoms with Crippen molar-refractivity contribution in [3.8, 4) is 0 Å². The van der Waals surface area contributed by atoms with Gasteiger partial charge in [0.2, 0.25) is 0 Å². The number of imidazole rings is 2. The van der Waals surface area contributed by atoms with Gasteiger partial charge in [0.15, 0.2) is 0 Å². The lowest BCUT2D eigenvalue weighted by Crippen LogP contribution is -2.36. The molecule has 0 spiro atoms. The van der Waals surface area contributed by atoms with E-state index in [0.29, 0.717) is 64.9 Å². The molecule has 0 unspecified atom stereocenters. The fourth-order valence-electron chi connectivity index (χ4n) is 8.62. The molecule has 2 aliphatic rings. The number of hydrogen-bond acceptors (Lipinski definition) is 10. The molecular weight excluding hydrogens is 716 g/mol. The first-order chi connectivity index (χ1) is 26.6. The summed E-state index contributed by atoms with van der Waals surface area (Å²) in [6.07, 6.45) is 7.48. The summed E-state index contributed by atoms with van der Waals surface area (Å²) >= 11 is 0. The Morgan fingerprint density at radius 1 is 0.696 bits per heavy atom. The molecule has 2 aromatic heterocycles. The van der Waals surface area contributed by atoms with E-state index >= 15 is 0 Å². The van der Waals surface area contributed by atoms with Gasteiger partial charge < -0.3 is 18.6 Å². The molecule has 0 aliphatic heterocycles. The van der Waals surface area contributed by atoms with Crippen LogP contribution in [0.3, 0.4) is 0 Å². The lowest BCUT2D eigenvalue weighted by atomic mass is 9.75. The minimum atomic E-state index is -0.436. The summed E-state index contributed by atoms with van der Waals surface area (Å²) in [4.78, 5) is 55.8. The summed E-state index contributed by atoms with van der Waals surface area (Å²) in [6.45, 7) is 17.2. The molecule has 6 rings (SSSR count). The average Bonchev–Trinajstić information content (AvgIpc) is 3.67. The van der Waals surface area contributed by atoms with Crippen molar-refractivity contribution >= 4 is 45.4 Å². The number of non-ortho nitro benzene ring substituents is 2. The largest absolute Gasteiger partial charge is 0.461 e. The second kappa shape index (κ2) is 18.4. The van der Waals surface area contributed by atoms with E-state index < -0.39 is 9.85 Å². The van der Waals surface area contributed by atoms with Crippen LogP contribution < -0.4 is 0 Å². The van der Waals surface area contributed by atoms with Crippen LogP contribution in [0.4, 0.5) is 11.4 Å². The number of carbonyl (C=O) groups is 2. The predicted octanol–water partition coefficient (Wildman–Crippen LogP) is 9.02. The van der Waals surface area contributed by atoms with Crippen LogP contribution in [0.2, 0.25) is 0 Å². The summed E-state index contributed by atoms with van der Waals surface area (Å²) in [5.74, 6) is 3.72. The fourth-order valence-corrected chi connectivity index (χ4v) is 8.62. The first-order valence-electron chi connectivity index (χ1n) is 20.3. The highest BCUT2D eigenvalue weighted by Crippen LogP contribution is 2.37. The van der Waals surface area contributed by atoms with Crippen molar-refractivity contribution in [2.45, 2.75) is 132 Å². The van der Waals surface area contributed by atoms with Crippen molar-refractivity contribution < 1.29 is 28.9 Å². The summed E-state index contributed by atoms with van der Waals surface area (Å²) in [6, 6.07) is 9.11. The molecule has 4 aromatic rings. The Kier molecular flexibility index (Phi) is 13.9. The molecule has 2 fully saturated rings. The molecule has 0 N–H and O–H groups in total. The molecule has 14 nitrogen and oxygen atoms in total. The average molecular weight is 775 g/mol. The standard InChI is InChI=1S/2C21H29N3O4/c1-5-20-22-17-11-15(24(26)27)7-9-18(17)23(20)12-21(25)28-19-10-14(4)6-8-16(19)13(2)3;1-5-20-22-17-9-7-15(24(26)27)11-18(17)23(20)12-21(25)28-19-10-14(4)6-8-16(19)13(2)3/h2*7,9,11,13-14,16,19H,5-6,8,10,12H2,1-4H3/t2*14-,16+,19-/m11/s1. The Hall–Kier alpha value is -4.88. The molecule has 14 heteroatoms. The van der Waals surface area contributed by atoms with Gasteiger partial charge >= 0.3 is 11.9 Å². The number of fused-ring (bicyclic) bond motifs is 2. The Bertz CT molecular complexity index is 2030. The summed E-state index contributed by atoms with van der Waals surface area (Å²) in [5, 5.41) is 22.1. The fraction of sp³-hybridized carbons (Fsp3) is 0.619. The zero-order chi connectivity index (χ0) is 40.8. The van der Waals surface area contributed by atoms with Crippen LogP contribution in [-0.4, -0.2) is 53.1 Å². The third-order valence-electron chi connectivity index (χ3n) is 11.7. The van der Waals surface area contributed by atoms with E-state index in [1.807, 2.05) is 18.4 Å². The summed E-state index contributed by atoms with van der Waals surface area (Å²) < 4.78 is 15.4. The highest BCUT2D eigenvalue weighted by molar-refractivity contribution is 5.82.